The molecule has 3 N–H and O–H groups in total. The topological polar surface area (TPSA) is 109 Å². The van der Waals surface area contributed by atoms with Crippen molar-refractivity contribution >= 4 is 29.6 Å². The smallest absolute Gasteiger partial charge is 0.408 e. The van der Waals surface area contributed by atoms with Gasteiger partial charge in [0.1, 0.15) is 11.6 Å². The largest absolute Gasteiger partial charge is 0.444 e. The highest BCUT2D eigenvalue weighted by atomic mass is 35.5. The summed E-state index contributed by atoms with van der Waals surface area (Å²) in [6.07, 6.45) is -0.144. The Morgan fingerprint density at radius 2 is 1.83 bits per heavy atom. The zero-order valence-electron chi connectivity index (χ0n) is 14.8. The van der Waals surface area contributed by atoms with E-state index in [1.54, 1.807) is 20.8 Å². The van der Waals surface area contributed by atoms with Crippen molar-refractivity contribution in [2.45, 2.75) is 38.8 Å². The average Bonchev–Trinajstić information content (AvgIpc) is 2.48. The quantitative estimate of drug-likeness (QED) is 0.335. The minimum Gasteiger partial charge on any atom is -0.444 e. The minimum absolute atomic E-state index is 0.127. The van der Waals surface area contributed by atoms with E-state index < -0.39 is 29.7 Å². The van der Waals surface area contributed by atoms with Crippen LogP contribution in [0.1, 0.15) is 27.2 Å². The molecule has 0 saturated heterocycles. The van der Waals surface area contributed by atoms with E-state index in [2.05, 4.69) is 16.0 Å². The molecular formula is C14H27ClN4O5. The Morgan fingerprint density at radius 1 is 1.21 bits per heavy atom. The maximum Gasteiger partial charge on any atom is 0.408 e. The molecule has 0 unspecified atom stereocenters. The Hall–Kier alpha value is -1.74. The van der Waals surface area contributed by atoms with Gasteiger partial charge in [-0.05, 0) is 27.2 Å². The van der Waals surface area contributed by atoms with Crippen molar-refractivity contribution in [1.82, 2.24) is 21.0 Å². The third-order valence-corrected chi connectivity index (χ3v) is 2.90. The first-order valence-electron chi connectivity index (χ1n) is 7.49. The van der Waals surface area contributed by atoms with Gasteiger partial charge >= 0.3 is 12.1 Å². The first-order chi connectivity index (χ1) is 11.1. The minimum atomic E-state index is -1.04. The van der Waals surface area contributed by atoms with E-state index in [9.17, 15) is 14.4 Å². The molecule has 4 amide bonds. The van der Waals surface area contributed by atoms with E-state index in [1.165, 1.54) is 14.2 Å². The zero-order valence-corrected chi connectivity index (χ0v) is 15.5. The molecule has 0 aliphatic carbocycles. The van der Waals surface area contributed by atoms with Crippen LogP contribution in [-0.4, -0.2) is 67.9 Å². The summed E-state index contributed by atoms with van der Waals surface area (Å²) >= 11 is 5.52. The molecule has 0 heterocycles. The number of alkyl carbamates (subject to hydrolysis) is 1. The number of halogens is 1. The number of alkyl halides is 1. The number of carbonyl (C=O) groups excluding carboxylic acids is 3. The Balaban J connectivity index is 4.68. The highest BCUT2D eigenvalue weighted by Crippen LogP contribution is 2.07. The average molecular weight is 367 g/mol. The fourth-order valence-corrected chi connectivity index (χ4v) is 1.62. The van der Waals surface area contributed by atoms with E-state index in [4.69, 9.17) is 21.2 Å². The number of urea groups is 1. The van der Waals surface area contributed by atoms with E-state index >= 15 is 0 Å². The SMILES string of the molecule is CON(C)C(=O)[C@H](CNC(=O)NCCCCl)NC(=O)OC(C)(C)C. The van der Waals surface area contributed by atoms with Gasteiger partial charge in [-0.3, -0.25) is 9.63 Å². The molecule has 0 aromatic rings. The third-order valence-electron chi connectivity index (χ3n) is 2.64. The van der Waals surface area contributed by atoms with Crippen molar-refractivity contribution < 1.29 is 24.0 Å². The maximum absolute atomic E-state index is 12.2. The fraction of sp³-hybridized carbons (Fsp3) is 0.786. The molecule has 0 fully saturated rings. The highest BCUT2D eigenvalue weighted by Gasteiger charge is 2.27. The summed E-state index contributed by atoms with van der Waals surface area (Å²) in [4.78, 5) is 40.5. The molecule has 0 saturated carbocycles. The lowest BCUT2D eigenvalue weighted by atomic mass is 10.2. The molecule has 24 heavy (non-hydrogen) atoms. The van der Waals surface area contributed by atoms with Gasteiger partial charge < -0.3 is 20.7 Å². The number of likely N-dealkylation sites (N-methyl/N-ethyl adjacent to an activating group) is 1. The van der Waals surface area contributed by atoms with Crippen LogP contribution in [0.4, 0.5) is 9.59 Å². The predicted molar refractivity (Wildman–Crippen MR) is 89.7 cm³/mol. The monoisotopic (exact) mass is 366 g/mol. The van der Waals surface area contributed by atoms with Crippen LogP contribution in [0.5, 0.6) is 0 Å². The second kappa shape index (κ2) is 10.9. The number of nitrogens with zero attached hydrogens (tertiary/aromatic N) is 1. The van der Waals surface area contributed by atoms with Gasteiger partial charge in [-0.2, -0.15) is 0 Å². The maximum atomic E-state index is 12.2. The number of ether oxygens (including phenoxy) is 1. The van der Waals surface area contributed by atoms with Crippen LogP contribution < -0.4 is 16.0 Å². The lowest BCUT2D eigenvalue weighted by molar-refractivity contribution is -0.170. The molecule has 0 bridgehead atoms. The van der Waals surface area contributed by atoms with Crippen LogP contribution in [0.2, 0.25) is 0 Å². The summed E-state index contributed by atoms with van der Waals surface area (Å²) in [7, 11) is 2.71. The normalized spacial score (nSPS) is 12.1. The molecule has 10 heteroatoms. The van der Waals surface area contributed by atoms with E-state index in [1.807, 2.05) is 0 Å². The van der Waals surface area contributed by atoms with Gasteiger partial charge in [-0.1, -0.05) is 0 Å². The van der Waals surface area contributed by atoms with Crippen LogP contribution in [0, 0.1) is 0 Å². The first-order valence-corrected chi connectivity index (χ1v) is 8.03. The van der Waals surface area contributed by atoms with Gasteiger partial charge in [0.2, 0.25) is 0 Å². The fourth-order valence-electron chi connectivity index (χ4n) is 1.49. The molecular weight excluding hydrogens is 340 g/mol. The van der Waals surface area contributed by atoms with E-state index in [0.29, 0.717) is 18.8 Å². The van der Waals surface area contributed by atoms with Crippen LogP contribution in [0.3, 0.4) is 0 Å². The molecule has 0 aromatic carbocycles. The van der Waals surface area contributed by atoms with Gasteiger partial charge in [-0.15, -0.1) is 11.6 Å². The van der Waals surface area contributed by atoms with Gasteiger partial charge in [0.05, 0.1) is 7.11 Å². The second-order valence-corrected chi connectivity index (χ2v) is 6.27. The molecule has 9 nitrogen and oxygen atoms in total. The summed E-state index contributed by atoms with van der Waals surface area (Å²) in [5, 5.41) is 8.45. The van der Waals surface area contributed by atoms with Crippen LogP contribution in [-0.2, 0) is 14.4 Å². The summed E-state index contributed by atoms with van der Waals surface area (Å²) < 4.78 is 5.11. The molecule has 0 spiro atoms. The molecule has 0 aliphatic heterocycles. The van der Waals surface area contributed by atoms with Crippen molar-refractivity contribution in [3.05, 3.63) is 0 Å². The van der Waals surface area contributed by atoms with Crippen LogP contribution in [0.25, 0.3) is 0 Å². The highest BCUT2D eigenvalue weighted by molar-refractivity contribution is 6.17. The predicted octanol–water partition coefficient (Wildman–Crippen LogP) is 0.828. The van der Waals surface area contributed by atoms with Crippen molar-refractivity contribution in [3.63, 3.8) is 0 Å². The first kappa shape index (κ1) is 22.3. The Morgan fingerprint density at radius 3 is 2.33 bits per heavy atom. The lowest BCUT2D eigenvalue weighted by Gasteiger charge is -2.25. The summed E-state index contributed by atoms with van der Waals surface area (Å²) in [5.41, 5.74) is -0.711. The van der Waals surface area contributed by atoms with Crippen molar-refractivity contribution in [3.8, 4) is 0 Å². The number of rotatable bonds is 8. The summed E-state index contributed by atoms with van der Waals surface area (Å²) in [6.45, 7) is 5.39. The Bertz CT molecular complexity index is 428. The Labute approximate surface area is 147 Å². The van der Waals surface area contributed by atoms with Crippen molar-refractivity contribution in [2.75, 3.05) is 33.1 Å². The van der Waals surface area contributed by atoms with Gasteiger partial charge in [0, 0.05) is 26.0 Å². The van der Waals surface area contributed by atoms with Gasteiger partial charge in [0.25, 0.3) is 5.91 Å². The number of amides is 4. The summed E-state index contributed by atoms with van der Waals surface area (Å²) in [5.74, 6) is -0.107. The lowest BCUT2D eigenvalue weighted by Crippen LogP contribution is -2.54. The van der Waals surface area contributed by atoms with Gasteiger partial charge in [-0.25, -0.2) is 14.7 Å². The number of carbonyl (C=O) groups is 3. The number of nitrogens with one attached hydrogen (secondary N) is 3. The van der Waals surface area contributed by atoms with Crippen LogP contribution >= 0.6 is 11.6 Å². The molecule has 0 radical (unpaired) electrons. The number of hydrogen-bond acceptors (Lipinski definition) is 5. The van der Waals surface area contributed by atoms with Crippen LogP contribution in [0.15, 0.2) is 0 Å². The molecule has 1 atom stereocenters. The van der Waals surface area contributed by atoms with Crippen molar-refractivity contribution in [1.29, 1.82) is 0 Å². The summed E-state index contributed by atoms with van der Waals surface area (Å²) in [6, 6.07) is -1.51. The van der Waals surface area contributed by atoms with Crippen molar-refractivity contribution in [2.24, 2.45) is 0 Å². The Kier molecular flexibility index (Phi) is 10.1. The van der Waals surface area contributed by atoms with E-state index in [-0.39, 0.29) is 6.54 Å². The second-order valence-electron chi connectivity index (χ2n) is 5.90. The molecule has 140 valence electrons. The van der Waals surface area contributed by atoms with E-state index in [0.717, 1.165) is 5.06 Å². The third kappa shape index (κ3) is 10.1. The standard InChI is InChI=1S/C14H27ClN4O5/c1-14(2,3)24-13(22)18-10(11(20)19(4)23-5)9-17-12(21)16-8-6-7-15/h10H,6-9H2,1-5H3,(H,18,22)(H2,16,17,21)/t10-/m0/s1. The molecule has 0 aliphatic rings. The number of hydrogen-bond donors (Lipinski definition) is 3. The zero-order chi connectivity index (χ0) is 18.8. The molecule has 0 rings (SSSR count). The van der Waals surface area contributed by atoms with Gasteiger partial charge in [0.15, 0.2) is 0 Å². The molecule has 0 aromatic heterocycles. The number of hydroxylamine groups is 2.